The molecule has 1 aromatic rings. The quantitative estimate of drug-likeness (QED) is 0.674. The van der Waals surface area contributed by atoms with Gasteiger partial charge in [-0.15, -0.1) is 0 Å². The fourth-order valence-corrected chi connectivity index (χ4v) is 0.908. The van der Waals surface area contributed by atoms with Gasteiger partial charge in [0.15, 0.2) is 0 Å². The van der Waals surface area contributed by atoms with Gasteiger partial charge in [0.25, 0.3) is 5.88 Å². The molecule has 0 saturated heterocycles. The third kappa shape index (κ3) is 2.62. The molecule has 0 spiro atoms. The summed E-state index contributed by atoms with van der Waals surface area (Å²) in [5.41, 5.74) is 0.173. The first-order valence-electron chi connectivity index (χ1n) is 3.62. The lowest BCUT2D eigenvalue weighted by molar-refractivity contribution is 0.305. The zero-order valence-electron chi connectivity index (χ0n) is 7.09. The number of rotatable bonds is 1. The Morgan fingerprint density at radius 3 is 2.55 bits per heavy atom. The van der Waals surface area contributed by atoms with E-state index in [1.807, 2.05) is 0 Å². The summed E-state index contributed by atoms with van der Waals surface area (Å²) in [4.78, 5) is 0. The molecule has 0 bridgehead atoms. The average molecular weight is 155 g/mol. The molecular weight excluding hydrogens is 142 g/mol. The molecule has 1 aromatic heterocycles. The molecule has 0 atom stereocenters. The van der Waals surface area contributed by atoms with Crippen molar-refractivity contribution in [1.82, 2.24) is 5.16 Å². The topological polar surface area (TPSA) is 46.3 Å². The monoisotopic (exact) mass is 155 g/mol. The van der Waals surface area contributed by atoms with Gasteiger partial charge in [-0.3, -0.25) is 0 Å². The fourth-order valence-electron chi connectivity index (χ4n) is 0.908. The first-order valence-corrected chi connectivity index (χ1v) is 3.62. The van der Waals surface area contributed by atoms with Crippen molar-refractivity contribution < 1.29 is 9.63 Å². The molecule has 3 nitrogen and oxygen atoms in total. The molecular formula is C8H13NO2. The predicted molar refractivity (Wildman–Crippen MR) is 41.3 cm³/mol. The standard InChI is InChI=1S/C8H13NO2/c1-8(2,3)5-6-4-7(10)9-11-6/h4H,5H2,1-3H3,(H,9,10). The Kier molecular flexibility index (Phi) is 1.89. The Balaban J connectivity index is 2.65. The Morgan fingerprint density at radius 1 is 1.55 bits per heavy atom. The van der Waals surface area contributed by atoms with Crippen molar-refractivity contribution in [3.8, 4) is 5.88 Å². The van der Waals surface area contributed by atoms with E-state index in [0.717, 1.165) is 12.2 Å². The van der Waals surface area contributed by atoms with E-state index in [2.05, 4.69) is 25.9 Å². The summed E-state index contributed by atoms with van der Waals surface area (Å²) in [6.45, 7) is 6.31. The van der Waals surface area contributed by atoms with Crippen LogP contribution in [0.5, 0.6) is 5.88 Å². The van der Waals surface area contributed by atoms with Gasteiger partial charge in [0.1, 0.15) is 5.76 Å². The van der Waals surface area contributed by atoms with Crippen LogP contribution in [0.25, 0.3) is 0 Å². The summed E-state index contributed by atoms with van der Waals surface area (Å²) >= 11 is 0. The molecule has 0 aromatic carbocycles. The van der Waals surface area contributed by atoms with E-state index in [4.69, 9.17) is 9.63 Å². The molecule has 0 aliphatic carbocycles. The molecule has 0 aliphatic heterocycles. The van der Waals surface area contributed by atoms with Crippen LogP contribution in [0.2, 0.25) is 0 Å². The van der Waals surface area contributed by atoms with Gasteiger partial charge in [-0.25, -0.2) is 0 Å². The van der Waals surface area contributed by atoms with Crippen LogP contribution in [-0.2, 0) is 6.42 Å². The molecule has 11 heavy (non-hydrogen) atoms. The van der Waals surface area contributed by atoms with Crippen molar-refractivity contribution in [2.24, 2.45) is 5.41 Å². The zero-order chi connectivity index (χ0) is 8.48. The second-order valence-electron chi connectivity index (χ2n) is 3.89. The highest BCUT2D eigenvalue weighted by molar-refractivity contribution is 5.09. The zero-order valence-corrected chi connectivity index (χ0v) is 7.09. The first kappa shape index (κ1) is 8.11. The maximum atomic E-state index is 8.85. The van der Waals surface area contributed by atoms with Crippen molar-refractivity contribution in [1.29, 1.82) is 0 Å². The van der Waals surface area contributed by atoms with Crippen molar-refractivity contribution in [3.05, 3.63) is 11.8 Å². The number of hydrogen-bond donors (Lipinski definition) is 1. The highest BCUT2D eigenvalue weighted by Crippen LogP contribution is 2.22. The SMILES string of the molecule is CC(C)(C)Cc1cc(O)no1. The van der Waals surface area contributed by atoms with Gasteiger partial charge in [0.05, 0.1) is 0 Å². The van der Waals surface area contributed by atoms with Crippen LogP contribution < -0.4 is 0 Å². The minimum absolute atomic E-state index is 0.0377. The summed E-state index contributed by atoms with van der Waals surface area (Å²) in [5, 5.41) is 12.2. The largest absolute Gasteiger partial charge is 0.491 e. The highest BCUT2D eigenvalue weighted by atomic mass is 16.5. The predicted octanol–water partition coefficient (Wildman–Crippen LogP) is 1.97. The lowest BCUT2D eigenvalue weighted by atomic mass is 9.91. The van der Waals surface area contributed by atoms with Gasteiger partial charge >= 0.3 is 0 Å². The number of nitrogens with zero attached hydrogens (tertiary/aromatic N) is 1. The molecule has 62 valence electrons. The minimum Gasteiger partial charge on any atom is -0.491 e. The number of hydrogen-bond acceptors (Lipinski definition) is 3. The Morgan fingerprint density at radius 2 is 2.18 bits per heavy atom. The normalized spacial score (nSPS) is 11.9. The van der Waals surface area contributed by atoms with Crippen molar-refractivity contribution in [2.45, 2.75) is 27.2 Å². The van der Waals surface area contributed by atoms with E-state index in [-0.39, 0.29) is 11.3 Å². The van der Waals surface area contributed by atoms with Crippen LogP contribution >= 0.6 is 0 Å². The minimum atomic E-state index is -0.0377. The highest BCUT2D eigenvalue weighted by Gasteiger charge is 2.14. The van der Waals surface area contributed by atoms with Crippen LogP contribution in [0.1, 0.15) is 26.5 Å². The summed E-state index contributed by atoms with van der Waals surface area (Å²) in [6.07, 6.45) is 0.792. The van der Waals surface area contributed by atoms with Crippen molar-refractivity contribution in [3.63, 3.8) is 0 Å². The molecule has 0 saturated carbocycles. The Labute approximate surface area is 66.0 Å². The third-order valence-electron chi connectivity index (χ3n) is 1.25. The van der Waals surface area contributed by atoms with Crippen LogP contribution in [0.3, 0.4) is 0 Å². The summed E-state index contributed by atoms with van der Waals surface area (Å²) in [6, 6.07) is 1.55. The van der Waals surface area contributed by atoms with E-state index in [0.29, 0.717) is 0 Å². The lowest BCUT2D eigenvalue weighted by Gasteiger charge is -2.14. The second kappa shape index (κ2) is 2.57. The summed E-state index contributed by atoms with van der Waals surface area (Å²) in [5.74, 6) is 0.694. The maximum absolute atomic E-state index is 8.85. The van der Waals surface area contributed by atoms with Crippen LogP contribution in [0.15, 0.2) is 10.6 Å². The number of aromatic hydroxyl groups is 1. The van der Waals surface area contributed by atoms with Crippen molar-refractivity contribution >= 4 is 0 Å². The van der Waals surface area contributed by atoms with Crippen molar-refractivity contribution in [2.75, 3.05) is 0 Å². The van der Waals surface area contributed by atoms with Gasteiger partial charge in [-0.2, -0.15) is 0 Å². The fraction of sp³-hybridized carbons (Fsp3) is 0.625. The molecule has 1 rings (SSSR count). The molecule has 0 amide bonds. The molecule has 0 unspecified atom stereocenters. The molecule has 1 heterocycles. The molecule has 1 N–H and O–H groups in total. The van der Waals surface area contributed by atoms with Crippen LogP contribution in [0, 0.1) is 5.41 Å². The number of aromatic nitrogens is 1. The summed E-state index contributed by atoms with van der Waals surface area (Å²) < 4.78 is 4.84. The molecule has 0 radical (unpaired) electrons. The third-order valence-corrected chi connectivity index (χ3v) is 1.25. The van der Waals surface area contributed by atoms with E-state index >= 15 is 0 Å². The van der Waals surface area contributed by atoms with Crippen LogP contribution in [-0.4, -0.2) is 10.3 Å². The van der Waals surface area contributed by atoms with Gasteiger partial charge in [0.2, 0.25) is 0 Å². The van der Waals surface area contributed by atoms with E-state index in [9.17, 15) is 0 Å². The van der Waals surface area contributed by atoms with E-state index in [1.165, 1.54) is 0 Å². The average Bonchev–Trinajstić information content (AvgIpc) is 2.10. The van der Waals surface area contributed by atoms with Gasteiger partial charge < -0.3 is 9.63 Å². The molecule has 3 heteroatoms. The van der Waals surface area contributed by atoms with E-state index < -0.39 is 0 Å². The molecule has 0 aliphatic rings. The first-order chi connectivity index (χ1) is 4.97. The van der Waals surface area contributed by atoms with Gasteiger partial charge in [-0.05, 0) is 10.6 Å². The molecule has 0 fully saturated rings. The van der Waals surface area contributed by atoms with Gasteiger partial charge in [-0.1, -0.05) is 20.8 Å². The Hall–Kier alpha value is -0.990. The van der Waals surface area contributed by atoms with Gasteiger partial charge in [0, 0.05) is 12.5 Å². The Bertz CT molecular complexity index is 234. The lowest BCUT2D eigenvalue weighted by Crippen LogP contribution is -2.08. The van der Waals surface area contributed by atoms with E-state index in [1.54, 1.807) is 6.07 Å². The smallest absolute Gasteiger partial charge is 0.251 e. The van der Waals surface area contributed by atoms with Crippen LogP contribution in [0.4, 0.5) is 0 Å². The maximum Gasteiger partial charge on any atom is 0.251 e. The summed E-state index contributed by atoms with van der Waals surface area (Å²) in [7, 11) is 0. The second-order valence-corrected chi connectivity index (χ2v) is 3.89.